The Kier molecular flexibility index (Phi) is 7.16. The van der Waals surface area contributed by atoms with Gasteiger partial charge in [-0.2, -0.15) is 0 Å². The van der Waals surface area contributed by atoms with E-state index >= 15 is 0 Å². The Morgan fingerprint density at radius 2 is 1.58 bits per heavy atom. The van der Waals surface area contributed by atoms with E-state index in [1.165, 1.54) is 0 Å². The number of piperidine rings is 2. The maximum Gasteiger partial charge on any atom is 0.319 e. The van der Waals surface area contributed by atoms with Crippen LogP contribution in [0.5, 0.6) is 0 Å². The average molecular weight is 359 g/mol. The number of likely N-dealkylation sites (tertiary alicyclic amines) is 2. The number of rotatable bonds is 2. The van der Waals surface area contributed by atoms with Crippen LogP contribution in [0.4, 0.5) is 4.79 Å². The third kappa shape index (κ3) is 4.54. The Balaban J connectivity index is 0.00000208. The Bertz CT molecular complexity index is 434. The smallest absolute Gasteiger partial charge is 0.319 e. The van der Waals surface area contributed by atoms with Crippen LogP contribution in [0.15, 0.2) is 0 Å². The Hall–Kier alpha value is -1.01. The molecule has 0 aromatic rings. The van der Waals surface area contributed by atoms with Gasteiger partial charge in [0.1, 0.15) is 0 Å². The van der Waals surface area contributed by atoms with Gasteiger partial charge in [-0.1, -0.05) is 0 Å². The highest BCUT2D eigenvalue weighted by molar-refractivity contribution is 5.85. The summed E-state index contributed by atoms with van der Waals surface area (Å²) in [6.07, 6.45) is 6.01. The van der Waals surface area contributed by atoms with Gasteiger partial charge in [0, 0.05) is 44.2 Å². The second kappa shape index (κ2) is 8.90. The van der Waals surface area contributed by atoms with Crippen molar-refractivity contribution < 1.29 is 9.59 Å². The predicted octanol–water partition coefficient (Wildman–Crippen LogP) is 1.59. The van der Waals surface area contributed by atoms with E-state index in [1.807, 2.05) is 9.80 Å². The first-order valence-electron chi connectivity index (χ1n) is 9.23. The minimum atomic E-state index is 0. The summed E-state index contributed by atoms with van der Waals surface area (Å²) in [5.74, 6) is 0.241. The molecule has 0 aromatic heterocycles. The Morgan fingerprint density at radius 1 is 0.958 bits per heavy atom. The largest absolute Gasteiger partial charge is 0.352 e. The number of hydrogen-bond acceptors (Lipinski definition) is 3. The summed E-state index contributed by atoms with van der Waals surface area (Å²) in [5, 5.41) is 6.64. The van der Waals surface area contributed by atoms with E-state index in [9.17, 15) is 9.59 Å². The standard InChI is InChI=1S/C17H30N4O2.ClH/c1-13-15(5-4-8-18-13)19-16(22)14-6-11-21(12-7-14)17(23)20-9-2-3-10-20;/h13-15,18H,2-12H2,1H3,(H,19,22);1H. The van der Waals surface area contributed by atoms with Crippen molar-refractivity contribution in [1.29, 1.82) is 0 Å². The molecule has 3 heterocycles. The van der Waals surface area contributed by atoms with Crippen LogP contribution in [0.1, 0.15) is 45.4 Å². The topological polar surface area (TPSA) is 64.7 Å². The van der Waals surface area contributed by atoms with Crippen LogP contribution in [0.3, 0.4) is 0 Å². The molecule has 0 spiro atoms. The van der Waals surface area contributed by atoms with E-state index in [0.717, 1.165) is 58.2 Å². The molecule has 3 fully saturated rings. The van der Waals surface area contributed by atoms with Gasteiger partial charge >= 0.3 is 6.03 Å². The van der Waals surface area contributed by atoms with Crippen molar-refractivity contribution in [3.05, 3.63) is 0 Å². The van der Waals surface area contributed by atoms with Gasteiger partial charge in [0.15, 0.2) is 0 Å². The zero-order valence-corrected chi connectivity index (χ0v) is 15.4. The van der Waals surface area contributed by atoms with Gasteiger partial charge in [-0.15, -0.1) is 12.4 Å². The molecule has 2 atom stereocenters. The quantitative estimate of drug-likeness (QED) is 0.788. The summed E-state index contributed by atoms with van der Waals surface area (Å²) in [6, 6.07) is 0.775. The first-order valence-corrected chi connectivity index (χ1v) is 9.23. The van der Waals surface area contributed by atoms with Crippen molar-refractivity contribution in [1.82, 2.24) is 20.4 Å². The monoisotopic (exact) mass is 358 g/mol. The molecule has 0 saturated carbocycles. The van der Waals surface area contributed by atoms with Gasteiger partial charge in [0.25, 0.3) is 0 Å². The molecule has 3 rings (SSSR count). The summed E-state index contributed by atoms with van der Waals surface area (Å²) >= 11 is 0. The number of amides is 3. The first-order chi connectivity index (χ1) is 11.1. The SMILES string of the molecule is CC1NCCCC1NC(=O)C1CCN(C(=O)N2CCCC2)CC1.Cl. The molecule has 3 saturated heterocycles. The molecule has 0 aromatic carbocycles. The van der Waals surface area contributed by atoms with E-state index in [4.69, 9.17) is 0 Å². The van der Waals surface area contributed by atoms with Crippen LogP contribution in [-0.2, 0) is 4.79 Å². The summed E-state index contributed by atoms with van der Waals surface area (Å²) in [7, 11) is 0. The highest BCUT2D eigenvalue weighted by Crippen LogP contribution is 2.21. The van der Waals surface area contributed by atoms with E-state index in [1.54, 1.807) is 0 Å². The molecule has 3 amide bonds. The minimum absolute atomic E-state index is 0. The minimum Gasteiger partial charge on any atom is -0.352 e. The predicted molar refractivity (Wildman–Crippen MR) is 96.4 cm³/mol. The van der Waals surface area contributed by atoms with Crippen LogP contribution in [-0.4, -0.2) is 66.5 Å². The zero-order valence-electron chi connectivity index (χ0n) is 14.6. The molecular weight excluding hydrogens is 328 g/mol. The number of carbonyl (C=O) groups is 2. The van der Waals surface area contributed by atoms with Crippen molar-refractivity contribution in [2.75, 3.05) is 32.7 Å². The van der Waals surface area contributed by atoms with Crippen molar-refractivity contribution in [2.24, 2.45) is 5.92 Å². The number of nitrogens with zero attached hydrogens (tertiary/aromatic N) is 2. The lowest BCUT2D eigenvalue weighted by Crippen LogP contribution is -2.54. The van der Waals surface area contributed by atoms with Crippen molar-refractivity contribution in [3.63, 3.8) is 0 Å². The molecule has 138 valence electrons. The van der Waals surface area contributed by atoms with Gasteiger partial charge < -0.3 is 20.4 Å². The first kappa shape index (κ1) is 19.3. The van der Waals surface area contributed by atoms with Gasteiger partial charge in [-0.3, -0.25) is 4.79 Å². The second-order valence-electron chi connectivity index (χ2n) is 7.24. The molecule has 2 N–H and O–H groups in total. The van der Waals surface area contributed by atoms with Crippen LogP contribution in [0, 0.1) is 5.92 Å². The number of carbonyl (C=O) groups excluding carboxylic acids is 2. The van der Waals surface area contributed by atoms with E-state index in [2.05, 4.69) is 17.6 Å². The van der Waals surface area contributed by atoms with Gasteiger partial charge in [0.2, 0.25) is 5.91 Å². The maximum absolute atomic E-state index is 12.5. The third-order valence-electron chi connectivity index (χ3n) is 5.60. The lowest BCUT2D eigenvalue weighted by Gasteiger charge is -2.36. The summed E-state index contributed by atoms with van der Waals surface area (Å²) in [6.45, 7) is 6.40. The number of hydrogen-bond donors (Lipinski definition) is 2. The number of urea groups is 1. The van der Waals surface area contributed by atoms with Gasteiger partial charge in [0.05, 0.1) is 0 Å². The molecule has 3 aliphatic rings. The highest BCUT2D eigenvalue weighted by atomic mass is 35.5. The van der Waals surface area contributed by atoms with Crippen LogP contribution < -0.4 is 10.6 Å². The fraction of sp³-hybridized carbons (Fsp3) is 0.882. The number of nitrogens with one attached hydrogen (secondary N) is 2. The second-order valence-corrected chi connectivity index (χ2v) is 7.24. The van der Waals surface area contributed by atoms with E-state index in [-0.39, 0.29) is 36.3 Å². The maximum atomic E-state index is 12.5. The van der Waals surface area contributed by atoms with Crippen molar-refractivity contribution in [2.45, 2.75) is 57.5 Å². The number of halogens is 1. The molecule has 24 heavy (non-hydrogen) atoms. The van der Waals surface area contributed by atoms with E-state index in [0.29, 0.717) is 19.1 Å². The summed E-state index contributed by atoms with van der Waals surface area (Å²) < 4.78 is 0. The third-order valence-corrected chi connectivity index (χ3v) is 5.60. The van der Waals surface area contributed by atoms with Crippen molar-refractivity contribution in [3.8, 4) is 0 Å². The highest BCUT2D eigenvalue weighted by Gasteiger charge is 2.32. The summed E-state index contributed by atoms with van der Waals surface area (Å²) in [4.78, 5) is 28.8. The molecule has 3 aliphatic heterocycles. The molecule has 0 radical (unpaired) electrons. The van der Waals surface area contributed by atoms with Crippen molar-refractivity contribution >= 4 is 24.3 Å². The molecule has 0 bridgehead atoms. The molecule has 7 heteroatoms. The van der Waals surface area contributed by atoms with Crippen LogP contribution in [0.25, 0.3) is 0 Å². The molecule has 2 unspecified atom stereocenters. The molecule has 0 aliphatic carbocycles. The van der Waals surface area contributed by atoms with E-state index < -0.39 is 0 Å². The van der Waals surface area contributed by atoms with Gasteiger partial charge in [-0.05, 0) is 52.0 Å². The summed E-state index contributed by atoms with van der Waals surface area (Å²) in [5.41, 5.74) is 0. The normalized spacial score (nSPS) is 28.4. The Labute approximate surface area is 151 Å². The zero-order chi connectivity index (χ0) is 16.2. The lowest BCUT2D eigenvalue weighted by atomic mass is 9.94. The average Bonchev–Trinajstić information content (AvgIpc) is 3.11. The van der Waals surface area contributed by atoms with Crippen LogP contribution >= 0.6 is 12.4 Å². The molecular formula is C17H31ClN4O2. The van der Waals surface area contributed by atoms with Gasteiger partial charge in [-0.25, -0.2) is 4.79 Å². The Morgan fingerprint density at radius 3 is 2.21 bits per heavy atom. The fourth-order valence-corrected chi connectivity index (χ4v) is 3.98. The fourth-order valence-electron chi connectivity index (χ4n) is 3.98. The molecule has 6 nitrogen and oxygen atoms in total. The lowest BCUT2D eigenvalue weighted by molar-refractivity contribution is -0.127. The van der Waals surface area contributed by atoms with Crippen LogP contribution in [0.2, 0.25) is 0 Å².